The molecule has 134 valence electrons. The standard InChI is InChI=1S/C17H21N3O4S/c1-10-13-16(19-11-6-4-3-5-9-20(11)17(13)23)25-14(10)15(22)18-8-7-12(21)24-2/h3-9H2,1-2H3,(H,18,22). The van der Waals surface area contributed by atoms with Gasteiger partial charge in [0.2, 0.25) is 0 Å². The molecule has 3 rings (SSSR count). The van der Waals surface area contributed by atoms with E-state index in [2.05, 4.69) is 15.0 Å². The molecule has 25 heavy (non-hydrogen) atoms. The van der Waals surface area contributed by atoms with Crippen molar-refractivity contribution in [2.24, 2.45) is 0 Å². The zero-order valence-corrected chi connectivity index (χ0v) is 15.2. The highest BCUT2D eigenvalue weighted by Gasteiger charge is 2.22. The van der Waals surface area contributed by atoms with Gasteiger partial charge in [0, 0.05) is 19.5 Å². The fourth-order valence-corrected chi connectivity index (χ4v) is 4.19. The Morgan fingerprint density at radius 1 is 1.32 bits per heavy atom. The molecule has 8 heteroatoms. The summed E-state index contributed by atoms with van der Waals surface area (Å²) < 4.78 is 6.31. The molecule has 1 aliphatic heterocycles. The summed E-state index contributed by atoms with van der Waals surface area (Å²) in [5, 5.41) is 3.23. The number of nitrogens with one attached hydrogen (secondary N) is 1. The zero-order chi connectivity index (χ0) is 18.0. The van der Waals surface area contributed by atoms with Gasteiger partial charge < -0.3 is 10.1 Å². The van der Waals surface area contributed by atoms with E-state index >= 15 is 0 Å². The summed E-state index contributed by atoms with van der Waals surface area (Å²) in [7, 11) is 1.31. The van der Waals surface area contributed by atoms with Crippen LogP contribution < -0.4 is 10.9 Å². The van der Waals surface area contributed by atoms with Crippen molar-refractivity contribution in [3.63, 3.8) is 0 Å². The number of esters is 1. The fraction of sp³-hybridized carbons (Fsp3) is 0.529. The summed E-state index contributed by atoms with van der Waals surface area (Å²) >= 11 is 1.24. The van der Waals surface area contributed by atoms with E-state index in [0.29, 0.717) is 27.2 Å². The van der Waals surface area contributed by atoms with Crippen LogP contribution in [0.15, 0.2) is 4.79 Å². The molecule has 0 spiro atoms. The molecule has 0 unspecified atom stereocenters. The van der Waals surface area contributed by atoms with Crippen LogP contribution in [0.25, 0.3) is 10.2 Å². The number of nitrogens with zero attached hydrogens (tertiary/aromatic N) is 2. The third-order valence-electron chi connectivity index (χ3n) is 4.46. The molecular weight excluding hydrogens is 342 g/mol. The summed E-state index contributed by atoms with van der Waals surface area (Å²) in [6.07, 6.45) is 4.01. The van der Waals surface area contributed by atoms with Gasteiger partial charge in [0.25, 0.3) is 11.5 Å². The molecule has 0 saturated heterocycles. The lowest BCUT2D eigenvalue weighted by atomic mass is 10.2. The maximum Gasteiger partial charge on any atom is 0.307 e. The van der Waals surface area contributed by atoms with Crippen LogP contribution in [0.4, 0.5) is 0 Å². The Hall–Kier alpha value is -2.22. The molecule has 7 nitrogen and oxygen atoms in total. The minimum atomic E-state index is -0.378. The van der Waals surface area contributed by atoms with Gasteiger partial charge >= 0.3 is 5.97 Å². The van der Waals surface area contributed by atoms with Gasteiger partial charge in [0.05, 0.1) is 23.8 Å². The molecular formula is C17H21N3O4S. The maximum atomic E-state index is 12.9. The number of methoxy groups -OCH3 is 1. The van der Waals surface area contributed by atoms with E-state index in [9.17, 15) is 14.4 Å². The predicted molar refractivity (Wildman–Crippen MR) is 95.1 cm³/mol. The molecule has 0 aliphatic carbocycles. The highest BCUT2D eigenvalue weighted by Crippen LogP contribution is 2.28. The van der Waals surface area contributed by atoms with E-state index in [-0.39, 0.29) is 30.4 Å². The highest BCUT2D eigenvalue weighted by molar-refractivity contribution is 7.20. The first-order valence-electron chi connectivity index (χ1n) is 8.40. The largest absolute Gasteiger partial charge is 0.469 e. The van der Waals surface area contributed by atoms with Gasteiger partial charge in [-0.05, 0) is 25.3 Å². The predicted octanol–water partition coefficient (Wildman–Crippen LogP) is 1.79. The van der Waals surface area contributed by atoms with Crippen molar-refractivity contribution in [3.05, 3.63) is 26.6 Å². The van der Waals surface area contributed by atoms with Crippen molar-refractivity contribution >= 4 is 33.4 Å². The number of ether oxygens (including phenoxy) is 1. The topological polar surface area (TPSA) is 90.3 Å². The van der Waals surface area contributed by atoms with Gasteiger partial charge in [-0.25, -0.2) is 4.98 Å². The van der Waals surface area contributed by atoms with Crippen molar-refractivity contribution in [2.45, 2.75) is 45.6 Å². The normalized spacial score (nSPS) is 14.0. The van der Waals surface area contributed by atoms with Gasteiger partial charge in [-0.3, -0.25) is 19.0 Å². The SMILES string of the molecule is COC(=O)CCNC(=O)c1sc2nc3n(c(=O)c2c1C)CCCCC3. The van der Waals surface area contributed by atoms with Crippen LogP contribution in [0, 0.1) is 6.92 Å². The Labute approximate surface area is 149 Å². The van der Waals surface area contributed by atoms with Gasteiger partial charge in [-0.1, -0.05) is 6.42 Å². The van der Waals surface area contributed by atoms with Gasteiger partial charge in [-0.2, -0.15) is 0 Å². The van der Waals surface area contributed by atoms with Gasteiger partial charge in [0.15, 0.2) is 0 Å². The van der Waals surface area contributed by atoms with Crippen molar-refractivity contribution in [2.75, 3.05) is 13.7 Å². The summed E-state index contributed by atoms with van der Waals surface area (Å²) in [6.45, 7) is 2.66. The Balaban J connectivity index is 1.92. The lowest BCUT2D eigenvalue weighted by Gasteiger charge is -2.08. The number of carbonyl (C=O) groups excluding carboxylic acids is 2. The number of hydrogen-bond acceptors (Lipinski definition) is 6. The third kappa shape index (κ3) is 3.44. The fourth-order valence-electron chi connectivity index (χ4n) is 3.09. The van der Waals surface area contributed by atoms with Gasteiger partial charge in [0.1, 0.15) is 10.7 Å². The molecule has 0 fully saturated rings. The van der Waals surface area contributed by atoms with Crippen LogP contribution in [0.1, 0.15) is 46.7 Å². The average molecular weight is 363 g/mol. The molecule has 0 atom stereocenters. The van der Waals surface area contributed by atoms with Crippen molar-refractivity contribution in [1.29, 1.82) is 0 Å². The van der Waals surface area contributed by atoms with Crippen molar-refractivity contribution in [3.8, 4) is 0 Å². The van der Waals surface area contributed by atoms with Crippen LogP contribution in [0.2, 0.25) is 0 Å². The van der Waals surface area contributed by atoms with E-state index in [1.807, 2.05) is 0 Å². The van der Waals surface area contributed by atoms with E-state index in [4.69, 9.17) is 0 Å². The molecule has 2 aromatic heterocycles. The summed E-state index contributed by atoms with van der Waals surface area (Å²) in [5.41, 5.74) is 0.608. The zero-order valence-electron chi connectivity index (χ0n) is 14.4. The smallest absolute Gasteiger partial charge is 0.307 e. The Kier molecular flexibility index (Phi) is 5.17. The number of thiophene rings is 1. The number of carbonyl (C=O) groups is 2. The van der Waals surface area contributed by atoms with Crippen LogP contribution in [-0.2, 0) is 22.5 Å². The van der Waals surface area contributed by atoms with Crippen LogP contribution >= 0.6 is 11.3 Å². The molecule has 0 radical (unpaired) electrons. The van der Waals surface area contributed by atoms with Crippen LogP contribution in [-0.4, -0.2) is 35.1 Å². The quantitative estimate of drug-likeness (QED) is 0.837. The summed E-state index contributed by atoms with van der Waals surface area (Å²) in [4.78, 5) is 42.1. The van der Waals surface area contributed by atoms with Crippen molar-refractivity contribution in [1.82, 2.24) is 14.9 Å². The minimum Gasteiger partial charge on any atom is -0.469 e. The first-order valence-corrected chi connectivity index (χ1v) is 9.22. The number of aromatic nitrogens is 2. The lowest BCUT2D eigenvalue weighted by Crippen LogP contribution is -2.26. The number of aryl methyl sites for hydroxylation is 2. The lowest BCUT2D eigenvalue weighted by molar-refractivity contribution is -0.140. The molecule has 1 N–H and O–H groups in total. The molecule has 3 heterocycles. The van der Waals surface area contributed by atoms with E-state index in [0.717, 1.165) is 31.5 Å². The number of rotatable bonds is 4. The molecule has 0 saturated carbocycles. The van der Waals surface area contributed by atoms with Gasteiger partial charge in [-0.15, -0.1) is 11.3 Å². The number of fused-ring (bicyclic) bond motifs is 2. The number of hydrogen-bond donors (Lipinski definition) is 1. The first kappa shape index (κ1) is 17.6. The van der Waals surface area contributed by atoms with E-state index < -0.39 is 0 Å². The molecule has 0 aromatic carbocycles. The van der Waals surface area contributed by atoms with Crippen LogP contribution in [0.5, 0.6) is 0 Å². The summed E-state index contributed by atoms with van der Waals surface area (Å²) in [5.74, 6) is 0.148. The molecule has 1 amide bonds. The van der Waals surface area contributed by atoms with E-state index in [1.165, 1.54) is 18.4 Å². The maximum absolute atomic E-state index is 12.9. The molecule has 2 aromatic rings. The second-order valence-corrected chi connectivity index (χ2v) is 7.11. The van der Waals surface area contributed by atoms with E-state index in [1.54, 1.807) is 11.5 Å². The minimum absolute atomic E-state index is 0.0516. The molecule has 0 bridgehead atoms. The monoisotopic (exact) mass is 363 g/mol. The Morgan fingerprint density at radius 2 is 2.12 bits per heavy atom. The molecule has 1 aliphatic rings. The number of amides is 1. The first-order chi connectivity index (χ1) is 12.0. The highest BCUT2D eigenvalue weighted by atomic mass is 32.1. The second kappa shape index (κ2) is 7.35. The van der Waals surface area contributed by atoms with Crippen molar-refractivity contribution < 1.29 is 14.3 Å². The Morgan fingerprint density at radius 3 is 2.88 bits per heavy atom. The van der Waals surface area contributed by atoms with Crippen LogP contribution in [0.3, 0.4) is 0 Å². The Bertz CT molecular complexity index is 884. The average Bonchev–Trinajstić information content (AvgIpc) is 2.77. The summed E-state index contributed by atoms with van der Waals surface area (Å²) in [6, 6.07) is 0. The third-order valence-corrected chi connectivity index (χ3v) is 5.64. The second-order valence-electron chi connectivity index (χ2n) is 6.11.